The lowest BCUT2D eigenvalue weighted by Crippen LogP contribution is -2.48. The van der Waals surface area contributed by atoms with Gasteiger partial charge in [-0.15, -0.1) is 0 Å². The molecule has 2 N–H and O–H groups in total. The Morgan fingerprint density at radius 3 is 2.46 bits per heavy atom. The Balaban J connectivity index is 1.77. The first-order valence-corrected chi connectivity index (χ1v) is 9.64. The zero-order chi connectivity index (χ0) is 17.4. The first kappa shape index (κ1) is 19.0. The average Bonchev–Trinajstić information content (AvgIpc) is 3.12. The third kappa shape index (κ3) is 5.96. The van der Waals surface area contributed by atoms with Crippen molar-refractivity contribution in [1.29, 1.82) is 0 Å². The molecule has 2 fully saturated rings. The topological polar surface area (TPSA) is 60.0 Å². The van der Waals surface area contributed by atoms with Gasteiger partial charge in [0.2, 0.25) is 5.91 Å². The van der Waals surface area contributed by atoms with Gasteiger partial charge in [0.05, 0.1) is 0 Å². The van der Waals surface area contributed by atoms with E-state index in [0.717, 1.165) is 50.9 Å². The average molecular weight is 338 g/mol. The number of hydrogen-bond donors (Lipinski definition) is 2. The summed E-state index contributed by atoms with van der Waals surface area (Å²) in [6.45, 7) is 12.7. The van der Waals surface area contributed by atoms with E-state index >= 15 is 0 Å². The molecule has 0 aromatic heterocycles. The summed E-state index contributed by atoms with van der Waals surface area (Å²) in [5.74, 6) is 1.75. The van der Waals surface area contributed by atoms with Gasteiger partial charge in [0.15, 0.2) is 5.96 Å². The van der Waals surface area contributed by atoms with E-state index in [1.807, 2.05) is 4.90 Å². The molecule has 2 aliphatic heterocycles. The van der Waals surface area contributed by atoms with Crippen molar-refractivity contribution in [3.8, 4) is 0 Å². The minimum Gasteiger partial charge on any atom is -0.357 e. The maximum atomic E-state index is 12.1. The predicted molar refractivity (Wildman–Crippen MR) is 99.2 cm³/mol. The van der Waals surface area contributed by atoms with Gasteiger partial charge in [-0.05, 0) is 58.5 Å². The van der Waals surface area contributed by atoms with Gasteiger partial charge >= 0.3 is 0 Å². The van der Waals surface area contributed by atoms with Crippen molar-refractivity contribution in [3.05, 3.63) is 0 Å². The van der Waals surface area contributed by atoms with Crippen LogP contribution in [0.5, 0.6) is 0 Å². The second kappa shape index (κ2) is 9.87. The van der Waals surface area contributed by atoms with Gasteiger partial charge in [0.1, 0.15) is 6.54 Å². The zero-order valence-electron chi connectivity index (χ0n) is 15.7. The molecule has 0 radical (unpaired) electrons. The van der Waals surface area contributed by atoms with Gasteiger partial charge in [0, 0.05) is 32.2 Å². The SMILES string of the molecule is CCNC(=NCC(=O)N1CCCC1)NCC(C)N1CCC(C)CC1. The van der Waals surface area contributed by atoms with E-state index in [-0.39, 0.29) is 12.5 Å². The minimum atomic E-state index is 0.141. The number of guanidine groups is 1. The van der Waals surface area contributed by atoms with Gasteiger partial charge in [-0.25, -0.2) is 4.99 Å². The van der Waals surface area contributed by atoms with Gasteiger partial charge in [-0.2, -0.15) is 0 Å². The van der Waals surface area contributed by atoms with Crippen LogP contribution in [0.4, 0.5) is 0 Å². The highest BCUT2D eigenvalue weighted by molar-refractivity contribution is 5.85. The van der Waals surface area contributed by atoms with Crippen LogP contribution >= 0.6 is 0 Å². The highest BCUT2D eigenvalue weighted by Crippen LogP contribution is 2.17. The fourth-order valence-corrected chi connectivity index (χ4v) is 3.40. The van der Waals surface area contributed by atoms with E-state index in [4.69, 9.17) is 0 Å². The van der Waals surface area contributed by atoms with Gasteiger partial charge in [-0.3, -0.25) is 9.69 Å². The van der Waals surface area contributed by atoms with E-state index in [2.05, 4.69) is 41.3 Å². The Kier molecular flexibility index (Phi) is 7.82. The standard InChI is InChI=1S/C18H35N5O/c1-4-19-18(21-14-17(24)23-9-5-6-10-23)20-13-16(3)22-11-7-15(2)8-12-22/h15-16H,4-14H2,1-3H3,(H2,19,20,21). The highest BCUT2D eigenvalue weighted by atomic mass is 16.2. The van der Waals surface area contributed by atoms with Crippen LogP contribution in [0.25, 0.3) is 0 Å². The van der Waals surface area contributed by atoms with Crippen molar-refractivity contribution in [1.82, 2.24) is 20.4 Å². The molecule has 1 unspecified atom stereocenters. The molecule has 0 aromatic carbocycles. The third-order valence-electron chi connectivity index (χ3n) is 5.18. The number of hydrogen-bond acceptors (Lipinski definition) is 3. The second-order valence-corrected chi connectivity index (χ2v) is 7.23. The Morgan fingerprint density at radius 2 is 1.83 bits per heavy atom. The number of carbonyl (C=O) groups excluding carboxylic acids is 1. The molecule has 2 rings (SSSR count). The maximum absolute atomic E-state index is 12.1. The zero-order valence-corrected chi connectivity index (χ0v) is 15.7. The molecule has 1 atom stereocenters. The van der Waals surface area contributed by atoms with Crippen molar-refractivity contribution in [2.75, 3.05) is 45.8 Å². The number of piperidine rings is 1. The first-order valence-electron chi connectivity index (χ1n) is 9.64. The fourth-order valence-electron chi connectivity index (χ4n) is 3.40. The fraction of sp³-hybridized carbons (Fsp3) is 0.889. The lowest BCUT2D eigenvalue weighted by Gasteiger charge is -2.35. The molecule has 6 heteroatoms. The first-order chi connectivity index (χ1) is 11.6. The normalized spacial score (nSPS) is 21.8. The summed E-state index contributed by atoms with van der Waals surface area (Å²) in [4.78, 5) is 21.1. The monoisotopic (exact) mass is 337 g/mol. The minimum absolute atomic E-state index is 0.141. The number of rotatable bonds is 6. The number of amides is 1. The summed E-state index contributed by atoms with van der Waals surface area (Å²) < 4.78 is 0. The van der Waals surface area contributed by atoms with Crippen LogP contribution in [0.15, 0.2) is 4.99 Å². The molecule has 138 valence electrons. The summed E-state index contributed by atoms with van der Waals surface area (Å²) in [5.41, 5.74) is 0. The molecule has 0 saturated carbocycles. The smallest absolute Gasteiger partial charge is 0.244 e. The summed E-state index contributed by atoms with van der Waals surface area (Å²) in [6, 6.07) is 0.482. The molecule has 2 heterocycles. The summed E-state index contributed by atoms with van der Waals surface area (Å²) in [7, 11) is 0. The van der Waals surface area contributed by atoms with Crippen LogP contribution in [0.2, 0.25) is 0 Å². The molecule has 0 bridgehead atoms. The molecule has 0 aromatic rings. The van der Waals surface area contributed by atoms with Crippen LogP contribution in [0, 0.1) is 5.92 Å². The van der Waals surface area contributed by atoms with Crippen molar-refractivity contribution < 1.29 is 4.79 Å². The number of likely N-dealkylation sites (tertiary alicyclic amines) is 2. The number of nitrogens with zero attached hydrogens (tertiary/aromatic N) is 3. The molecule has 0 aliphatic carbocycles. The highest BCUT2D eigenvalue weighted by Gasteiger charge is 2.20. The van der Waals surface area contributed by atoms with Gasteiger partial charge < -0.3 is 15.5 Å². The van der Waals surface area contributed by atoms with Crippen LogP contribution in [-0.4, -0.2) is 73.5 Å². The van der Waals surface area contributed by atoms with Crippen LogP contribution in [0.3, 0.4) is 0 Å². The number of nitrogens with one attached hydrogen (secondary N) is 2. The summed E-state index contributed by atoms with van der Waals surface area (Å²) in [5, 5.41) is 6.64. The van der Waals surface area contributed by atoms with E-state index in [1.54, 1.807) is 0 Å². The second-order valence-electron chi connectivity index (χ2n) is 7.23. The molecule has 6 nitrogen and oxygen atoms in total. The molecule has 2 aliphatic rings. The number of aliphatic imine (C=N–C) groups is 1. The van der Waals surface area contributed by atoms with Crippen molar-refractivity contribution in [2.45, 2.75) is 52.5 Å². The molecule has 0 spiro atoms. The lowest BCUT2D eigenvalue weighted by molar-refractivity contribution is -0.128. The Morgan fingerprint density at radius 1 is 1.17 bits per heavy atom. The van der Waals surface area contributed by atoms with Crippen molar-refractivity contribution >= 4 is 11.9 Å². The largest absolute Gasteiger partial charge is 0.357 e. The van der Waals surface area contributed by atoms with Crippen molar-refractivity contribution in [3.63, 3.8) is 0 Å². The molecule has 24 heavy (non-hydrogen) atoms. The maximum Gasteiger partial charge on any atom is 0.244 e. The molecular formula is C18H35N5O. The number of carbonyl (C=O) groups is 1. The lowest BCUT2D eigenvalue weighted by atomic mass is 9.98. The summed E-state index contributed by atoms with van der Waals surface area (Å²) >= 11 is 0. The van der Waals surface area contributed by atoms with Crippen LogP contribution in [0.1, 0.15) is 46.5 Å². The molecular weight excluding hydrogens is 302 g/mol. The Hall–Kier alpha value is -1.30. The van der Waals surface area contributed by atoms with E-state index in [0.29, 0.717) is 6.04 Å². The quantitative estimate of drug-likeness (QED) is 0.566. The third-order valence-corrected chi connectivity index (χ3v) is 5.18. The van der Waals surface area contributed by atoms with E-state index in [9.17, 15) is 4.79 Å². The van der Waals surface area contributed by atoms with Crippen molar-refractivity contribution in [2.24, 2.45) is 10.9 Å². The van der Waals surface area contributed by atoms with Crippen LogP contribution < -0.4 is 10.6 Å². The predicted octanol–water partition coefficient (Wildman–Crippen LogP) is 1.28. The Bertz CT molecular complexity index is 412. The van der Waals surface area contributed by atoms with E-state index in [1.165, 1.54) is 25.9 Å². The van der Waals surface area contributed by atoms with Gasteiger partial charge in [-0.1, -0.05) is 6.92 Å². The molecule has 2 saturated heterocycles. The van der Waals surface area contributed by atoms with Gasteiger partial charge in [0.25, 0.3) is 0 Å². The summed E-state index contributed by atoms with van der Waals surface area (Å²) in [6.07, 6.45) is 4.84. The molecule has 1 amide bonds. The van der Waals surface area contributed by atoms with Crippen LogP contribution in [-0.2, 0) is 4.79 Å². The Labute approximate surface area is 147 Å². The van der Waals surface area contributed by atoms with E-state index < -0.39 is 0 Å².